The second kappa shape index (κ2) is 9.51. The van der Waals surface area contributed by atoms with Crippen molar-refractivity contribution in [3.05, 3.63) is 87.4 Å². The predicted octanol–water partition coefficient (Wildman–Crippen LogP) is 5.65. The highest BCUT2D eigenvalue weighted by atomic mass is 32.1. The lowest BCUT2D eigenvalue weighted by Crippen LogP contribution is -2.50. The summed E-state index contributed by atoms with van der Waals surface area (Å²) in [4.78, 5) is 23.1. The summed E-state index contributed by atoms with van der Waals surface area (Å²) in [5.41, 5.74) is 3.83. The number of likely N-dealkylation sites (tertiary alicyclic amines) is 1. The van der Waals surface area contributed by atoms with Crippen molar-refractivity contribution in [3.63, 3.8) is 0 Å². The Morgan fingerprint density at radius 1 is 1.11 bits per heavy atom. The first kappa shape index (κ1) is 22.9. The molecule has 4 nitrogen and oxygen atoms in total. The maximum atomic E-state index is 14.5. The van der Waals surface area contributed by atoms with Gasteiger partial charge in [-0.1, -0.05) is 67.6 Å². The summed E-state index contributed by atoms with van der Waals surface area (Å²) in [6.07, 6.45) is 6.26. The minimum atomic E-state index is -0.0900. The molecule has 2 aliphatic heterocycles. The molecule has 0 bridgehead atoms. The third-order valence-corrected chi connectivity index (χ3v) is 10.1. The average Bonchev–Trinajstić information content (AvgIpc) is 3.54. The zero-order chi connectivity index (χ0) is 23.8. The van der Waals surface area contributed by atoms with E-state index >= 15 is 0 Å². The lowest BCUT2D eigenvalue weighted by atomic mass is 9.68. The molecule has 3 heterocycles. The smallest absolute Gasteiger partial charge is 0.228 e. The zero-order valence-electron chi connectivity index (χ0n) is 20.6. The summed E-state index contributed by atoms with van der Waals surface area (Å²) >= 11 is 1.87. The molecular weight excluding hydrogens is 450 g/mol. The molecule has 0 saturated carbocycles. The van der Waals surface area contributed by atoms with Gasteiger partial charge in [-0.3, -0.25) is 4.79 Å². The Hall–Kier alpha value is -2.50. The van der Waals surface area contributed by atoms with Crippen molar-refractivity contribution in [3.8, 4) is 0 Å². The monoisotopic (exact) mass is 485 g/mol. The van der Waals surface area contributed by atoms with E-state index in [0.717, 1.165) is 58.2 Å². The van der Waals surface area contributed by atoms with Crippen molar-refractivity contribution in [2.75, 3.05) is 19.6 Å². The maximum absolute atomic E-state index is 14.5. The molecule has 1 amide bonds. The van der Waals surface area contributed by atoms with Gasteiger partial charge in [0.2, 0.25) is 5.91 Å². The van der Waals surface area contributed by atoms with Crippen LogP contribution in [0.3, 0.4) is 0 Å². The van der Waals surface area contributed by atoms with Gasteiger partial charge in [0.15, 0.2) is 0 Å². The first-order valence-electron chi connectivity index (χ1n) is 13.3. The van der Waals surface area contributed by atoms with Crippen LogP contribution in [-0.4, -0.2) is 35.4 Å². The Morgan fingerprint density at radius 3 is 2.60 bits per heavy atom. The molecule has 1 aliphatic carbocycles. The molecular formula is C30H35N3OS. The van der Waals surface area contributed by atoms with Gasteiger partial charge in [-0.15, -0.1) is 11.3 Å². The topological polar surface area (TPSA) is 45.2 Å². The number of aromatic nitrogens is 1. The second-order valence-corrected chi connectivity index (χ2v) is 11.6. The Balaban J connectivity index is 1.33. The minimum absolute atomic E-state index is 0.00815. The van der Waals surface area contributed by atoms with Gasteiger partial charge >= 0.3 is 0 Å². The van der Waals surface area contributed by atoms with Crippen molar-refractivity contribution in [1.29, 1.82) is 0 Å². The number of hydrogen-bond acceptors (Lipinski definition) is 4. The molecule has 1 N–H and O–H groups in total. The van der Waals surface area contributed by atoms with Crippen LogP contribution >= 0.6 is 11.3 Å². The number of hydrogen-bond donors (Lipinski definition) is 1. The molecule has 182 valence electrons. The quantitative estimate of drug-likeness (QED) is 0.520. The Bertz CT molecular complexity index is 1180. The van der Waals surface area contributed by atoms with Gasteiger partial charge < -0.3 is 10.2 Å². The van der Waals surface area contributed by atoms with Gasteiger partial charge in [0.25, 0.3) is 0 Å². The molecule has 3 aromatic rings. The minimum Gasteiger partial charge on any atom is -0.335 e. The summed E-state index contributed by atoms with van der Waals surface area (Å²) in [5, 5.41) is 4.86. The average molecular weight is 486 g/mol. The fourth-order valence-corrected chi connectivity index (χ4v) is 8.15. The van der Waals surface area contributed by atoms with E-state index in [9.17, 15) is 4.79 Å². The van der Waals surface area contributed by atoms with E-state index in [0.29, 0.717) is 11.8 Å². The molecule has 0 unspecified atom stereocenters. The predicted molar refractivity (Wildman–Crippen MR) is 142 cm³/mol. The number of thiazole rings is 1. The number of rotatable bonds is 4. The van der Waals surface area contributed by atoms with E-state index in [1.165, 1.54) is 26.7 Å². The highest BCUT2D eigenvalue weighted by molar-refractivity contribution is 7.12. The van der Waals surface area contributed by atoms with Crippen LogP contribution < -0.4 is 5.32 Å². The van der Waals surface area contributed by atoms with E-state index in [2.05, 4.69) is 77.8 Å². The summed E-state index contributed by atoms with van der Waals surface area (Å²) in [5.74, 6) is 0.817. The summed E-state index contributed by atoms with van der Waals surface area (Å²) in [6, 6.07) is 21.7. The van der Waals surface area contributed by atoms with E-state index in [4.69, 9.17) is 4.98 Å². The molecule has 0 radical (unpaired) electrons. The van der Waals surface area contributed by atoms with E-state index < -0.39 is 0 Å². The van der Waals surface area contributed by atoms with Crippen molar-refractivity contribution < 1.29 is 4.79 Å². The molecule has 2 saturated heterocycles. The number of fused-ring (bicyclic) bond motifs is 2. The van der Waals surface area contributed by atoms with Crippen molar-refractivity contribution in [2.24, 2.45) is 5.92 Å². The maximum Gasteiger partial charge on any atom is 0.228 e. The zero-order valence-corrected chi connectivity index (χ0v) is 21.4. The first-order chi connectivity index (χ1) is 17.2. The van der Waals surface area contributed by atoms with Crippen LogP contribution in [0.5, 0.6) is 0 Å². The van der Waals surface area contributed by atoms with E-state index in [1.807, 2.05) is 11.3 Å². The molecule has 2 fully saturated rings. The highest BCUT2D eigenvalue weighted by Gasteiger charge is 2.53. The molecule has 5 heteroatoms. The summed E-state index contributed by atoms with van der Waals surface area (Å²) in [6.45, 7) is 4.68. The van der Waals surface area contributed by atoms with Crippen LogP contribution in [0, 0.1) is 5.92 Å². The lowest BCUT2D eigenvalue weighted by molar-refractivity contribution is -0.141. The standard InChI is InChI=1S/C30H35N3OS/c1-2-27-32-25-14-9-16-30(28(25)35-27)20-31-19-24(30)29(34)33-17-15-23(21-10-5-3-6-11-21)18-26(33)22-12-7-4-8-13-22/h3-8,10-13,23-24,26,31H,2,9,14-20H2,1H3/t23-,24+,26+,30-/m1/s1. The Labute approximate surface area is 212 Å². The lowest BCUT2D eigenvalue weighted by Gasteiger charge is -2.44. The molecule has 35 heavy (non-hydrogen) atoms. The number of nitrogens with zero attached hydrogens (tertiary/aromatic N) is 2. The van der Waals surface area contributed by atoms with Crippen LogP contribution in [0.15, 0.2) is 60.7 Å². The van der Waals surface area contributed by atoms with Gasteiger partial charge in [-0.2, -0.15) is 0 Å². The summed E-state index contributed by atoms with van der Waals surface area (Å²) < 4.78 is 0. The number of nitrogens with one attached hydrogen (secondary N) is 1. The van der Waals surface area contributed by atoms with Crippen LogP contribution in [0.2, 0.25) is 0 Å². The number of amides is 1. The Morgan fingerprint density at radius 2 is 1.86 bits per heavy atom. The van der Waals surface area contributed by atoms with Crippen LogP contribution in [0.25, 0.3) is 0 Å². The number of benzene rings is 2. The SMILES string of the molecule is CCc1nc2c(s1)[C@]1(CCC2)CNC[C@H]1C(=O)N1CC[C@@H](c2ccccc2)C[C@H]1c1ccccc1. The van der Waals surface area contributed by atoms with Crippen molar-refractivity contribution in [2.45, 2.75) is 62.8 Å². The van der Waals surface area contributed by atoms with Gasteiger partial charge in [0.1, 0.15) is 0 Å². The largest absolute Gasteiger partial charge is 0.335 e. The van der Waals surface area contributed by atoms with Gasteiger partial charge in [-0.05, 0) is 55.6 Å². The highest BCUT2D eigenvalue weighted by Crippen LogP contribution is 2.49. The van der Waals surface area contributed by atoms with E-state index in [-0.39, 0.29) is 17.4 Å². The molecule has 2 aromatic carbocycles. The van der Waals surface area contributed by atoms with Gasteiger partial charge in [0.05, 0.1) is 22.7 Å². The van der Waals surface area contributed by atoms with Crippen LogP contribution in [-0.2, 0) is 23.1 Å². The first-order valence-corrected chi connectivity index (χ1v) is 14.1. The number of carbonyl (C=O) groups excluding carboxylic acids is 1. The van der Waals surface area contributed by atoms with E-state index in [1.54, 1.807) is 0 Å². The second-order valence-electron chi connectivity index (χ2n) is 10.5. The number of carbonyl (C=O) groups is 1. The van der Waals surface area contributed by atoms with Gasteiger partial charge in [-0.25, -0.2) is 4.98 Å². The van der Waals surface area contributed by atoms with Crippen LogP contribution in [0.4, 0.5) is 0 Å². The van der Waals surface area contributed by atoms with Crippen molar-refractivity contribution in [1.82, 2.24) is 15.2 Å². The van der Waals surface area contributed by atoms with Crippen LogP contribution in [0.1, 0.15) is 71.3 Å². The fraction of sp³-hybridized carbons (Fsp3) is 0.467. The number of piperidine rings is 1. The molecule has 6 rings (SSSR count). The normalized spacial score (nSPS) is 28.3. The Kier molecular flexibility index (Phi) is 6.23. The molecule has 1 aromatic heterocycles. The fourth-order valence-electron chi connectivity index (χ4n) is 6.83. The van der Waals surface area contributed by atoms with Gasteiger partial charge in [0, 0.05) is 29.9 Å². The third-order valence-electron chi connectivity index (χ3n) is 8.63. The molecule has 1 spiro atoms. The number of aryl methyl sites for hydroxylation is 2. The third kappa shape index (κ3) is 4.03. The van der Waals surface area contributed by atoms with Crippen molar-refractivity contribution >= 4 is 17.2 Å². The molecule has 4 atom stereocenters. The summed E-state index contributed by atoms with van der Waals surface area (Å²) in [7, 11) is 0. The molecule has 3 aliphatic rings.